The van der Waals surface area contributed by atoms with E-state index in [1.54, 1.807) is 6.07 Å². The molecule has 0 aromatic heterocycles. The number of rotatable bonds is 3. The molecule has 0 bridgehead atoms. The highest BCUT2D eigenvalue weighted by Crippen LogP contribution is 2.35. The summed E-state index contributed by atoms with van der Waals surface area (Å²) in [7, 11) is 0. The zero-order chi connectivity index (χ0) is 23.1. The molecule has 1 atom stereocenters. The molecule has 2 aliphatic rings. The Morgan fingerprint density at radius 1 is 1.06 bits per heavy atom. The highest BCUT2D eigenvalue weighted by Gasteiger charge is 2.37. The molecule has 2 aromatic carbocycles. The summed E-state index contributed by atoms with van der Waals surface area (Å²) in [5.74, 6) is 0.507. The van der Waals surface area contributed by atoms with Crippen molar-refractivity contribution >= 4 is 11.8 Å². The Morgan fingerprint density at radius 3 is 2.70 bits per heavy atom. The van der Waals surface area contributed by atoms with Gasteiger partial charge in [-0.15, -0.1) is 0 Å². The Hall–Kier alpha value is -3.09. The lowest BCUT2D eigenvalue weighted by atomic mass is 9.75. The van der Waals surface area contributed by atoms with Gasteiger partial charge >= 0.3 is 0 Å². The van der Waals surface area contributed by atoms with Gasteiger partial charge in [-0.05, 0) is 62.1 Å². The minimum atomic E-state index is -0.342. The molecular weight excluding hydrogens is 423 g/mol. The highest BCUT2D eigenvalue weighted by molar-refractivity contribution is 5.96. The second-order valence-electron chi connectivity index (χ2n) is 9.00. The molecule has 0 radical (unpaired) electrons. The predicted octanol–water partition coefficient (Wildman–Crippen LogP) is 4.20. The van der Waals surface area contributed by atoms with Gasteiger partial charge in [0.2, 0.25) is 0 Å². The van der Waals surface area contributed by atoms with Gasteiger partial charge in [-0.25, -0.2) is 4.39 Å². The lowest BCUT2D eigenvalue weighted by Gasteiger charge is -2.43. The van der Waals surface area contributed by atoms with Crippen LogP contribution < -0.4 is 14.8 Å². The number of para-hydroxylation sites is 1. The molecule has 4 rings (SSSR count). The summed E-state index contributed by atoms with van der Waals surface area (Å²) < 4.78 is 24.5. The zero-order valence-electron chi connectivity index (χ0n) is 18.9. The second kappa shape index (κ2) is 10.7. The number of carbonyl (C=O) groups excluding carboxylic acids is 2. The number of nitrogens with zero attached hydrogens (tertiary/aromatic N) is 1. The average Bonchev–Trinajstić information content (AvgIpc) is 2.84. The van der Waals surface area contributed by atoms with Crippen molar-refractivity contribution in [2.75, 3.05) is 32.8 Å². The van der Waals surface area contributed by atoms with Gasteiger partial charge in [-0.1, -0.05) is 25.0 Å². The van der Waals surface area contributed by atoms with E-state index >= 15 is 0 Å². The zero-order valence-corrected chi connectivity index (χ0v) is 18.9. The van der Waals surface area contributed by atoms with Gasteiger partial charge in [-0.3, -0.25) is 9.59 Å². The lowest BCUT2D eigenvalue weighted by molar-refractivity contribution is -0.137. The van der Waals surface area contributed by atoms with E-state index in [4.69, 9.17) is 9.47 Å². The molecule has 7 heteroatoms. The lowest BCUT2D eigenvalue weighted by Crippen LogP contribution is -2.52. The van der Waals surface area contributed by atoms with Crippen molar-refractivity contribution in [2.45, 2.75) is 38.5 Å². The molecule has 1 spiro atoms. The third-order valence-electron chi connectivity index (χ3n) is 6.55. The van der Waals surface area contributed by atoms with Crippen molar-refractivity contribution in [1.29, 1.82) is 0 Å². The van der Waals surface area contributed by atoms with Gasteiger partial charge in [0, 0.05) is 25.0 Å². The van der Waals surface area contributed by atoms with E-state index in [0.717, 1.165) is 38.5 Å². The van der Waals surface area contributed by atoms with Crippen LogP contribution >= 0.6 is 0 Å². The smallest absolute Gasteiger partial charge is 0.260 e. The molecule has 2 heterocycles. The van der Waals surface area contributed by atoms with Crippen LogP contribution in [-0.2, 0) is 4.79 Å². The fourth-order valence-electron chi connectivity index (χ4n) is 4.73. The van der Waals surface area contributed by atoms with E-state index in [0.29, 0.717) is 43.3 Å². The molecule has 33 heavy (non-hydrogen) atoms. The fourth-order valence-corrected chi connectivity index (χ4v) is 4.73. The monoisotopic (exact) mass is 454 g/mol. The topological polar surface area (TPSA) is 67.9 Å². The Balaban J connectivity index is 1.42. The van der Waals surface area contributed by atoms with Crippen LogP contribution in [0.3, 0.4) is 0 Å². The second-order valence-corrected chi connectivity index (χ2v) is 9.00. The SMILES string of the molecule is O=C1NCC2(CCCCCOc3ccccc31)CCCN(C(=O)COc1ccc(F)cc1)C2. The average molecular weight is 455 g/mol. The van der Waals surface area contributed by atoms with Crippen molar-refractivity contribution in [3.8, 4) is 11.5 Å². The van der Waals surface area contributed by atoms with Gasteiger partial charge in [0.25, 0.3) is 11.8 Å². The van der Waals surface area contributed by atoms with Crippen LogP contribution in [0.2, 0.25) is 0 Å². The van der Waals surface area contributed by atoms with E-state index in [2.05, 4.69) is 5.32 Å². The summed E-state index contributed by atoms with van der Waals surface area (Å²) in [4.78, 5) is 27.7. The molecule has 2 aliphatic heterocycles. The number of amides is 2. The fraction of sp³-hybridized carbons (Fsp3) is 0.462. The maximum atomic E-state index is 13.1. The number of fused-ring (bicyclic) bond motifs is 1. The molecule has 0 aliphatic carbocycles. The largest absolute Gasteiger partial charge is 0.493 e. The molecule has 6 nitrogen and oxygen atoms in total. The number of nitrogens with one attached hydrogen (secondary N) is 1. The van der Waals surface area contributed by atoms with E-state index in [-0.39, 0.29) is 29.7 Å². The van der Waals surface area contributed by atoms with Crippen LogP contribution in [-0.4, -0.2) is 49.6 Å². The summed E-state index contributed by atoms with van der Waals surface area (Å²) in [6, 6.07) is 13.0. The maximum Gasteiger partial charge on any atom is 0.260 e. The Kier molecular flexibility index (Phi) is 7.47. The first kappa shape index (κ1) is 23.1. The first-order valence-corrected chi connectivity index (χ1v) is 11.7. The first-order chi connectivity index (χ1) is 16.0. The number of hydrogen-bond acceptors (Lipinski definition) is 4. The molecule has 1 unspecified atom stereocenters. The minimum absolute atomic E-state index is 0.0845. The van der Waals surface area contributed by atoms with Crippen molar-refractivity contribution in [1.82, 2.24) is 10.2 Å². The van der Waals surface area contributed by atoms with Crippen LogP contribution in [0.5, 0.6) is 11.5 Å². The first-order valence-electron chi connectivity index (χ1n) is 11.7. The van der Waals surface area contributed by atoms with Crippen LogP contribution in [0.25, 0.3) is 0 Å². The number of ether oxygens (including phenoxy) is 2. The van der Waals surface area contributed by atoms with Crippen LogP contribution in [0, 0.1) is 11.2 Å². The van der Waals surface area contributed by atoms with Crippen LogP contribution in [0.15, 0.2) is 48.5 Å². The number of hydrogen-bond donors (Lipinski definition) is 1. The molecule has 2 aromatic rings. The van der Waals surface area contributed by atoms with Gasteiger partial charge < -0.3 is 19.7 Å². The number of piperidine rings is 1. The van der Waals surface area contributed by atoms with E-state index < -0.39 is 0 Å². The third-order valence-corrected chi connectivity index (χ3v) is 6.55. The standard InChI is InChI=1S/C26H31FN2O4/c27-20-9-11-21(12-10-20)33-17-24(30)29-15-6-14-26(19-29)13-4-1-5-16-32-23-8-3-2-7-22(23)25(31)28-18-26/h2-3,7-12H,1,4-6,13-19H2,(H,28,31). The molecule has 1 saturated heterocycles. The normalized spacial score (nSPS) is 21.7. The minimum Gasteiger partial charge on any atom is -0.493 e. The van der Waals surface area contributed by atoms with Crippen molar-refractivity contribution in [3.05, 3.63) is 59.9 Å². The van der Waals surface area contributed by atoms with Crippen molar-refractivity contribution in [3.63, 3.8) is 0 Å². The summed E-state index contributed by atoms with van der Waals surface area (Å²) >= 11 is 0. The third kappa shape index (κ3) is 6.03. The van der Waals surface area contributed by atoms with Crippen LogP contribution in [0.1, 0.15) is 48.9 Å². The number of halogens is 1. The number of carbonyl (C=O) groups is 2. The summed E-state index contributed by atoms with van der Waals surface area (Å²) in [5, 5.41) is 3.12. The van der Waals surface area contributed by atoms with Crippen molar-refractivity contribution < 1.29 is 23.5 Å². The van der Waals surface area contributed by atoms with Gasteiger partial charge in [0.05, 0.1) is 12.2 Å². The number of likely N-dealkylation sites (tertiary alicyclic amines) is 1. The quantitative estimate of drug-likeness (QED) is 0.755. The molecule has 1 fully saturated rings. The summed E-state index contributed by atoms with van der Waals surface area (Å²) in [5.41, 5.74) is 0.388. The van der Waals surface area contributed by atoms with Gasteiger partial charge in [0.15, 0.2) is 6.61 Å². The maximum absolute atomic E-state index is 13.1. The van der Waals surface area contributed by atoms with E-state index in [1.807, 2.05) is 23.1 Å². The van der Waals surface area contributed by atoms with Gasteiger partial charge in [0.1, 0.15) is 17.3 Å². The highest BCUT2D eigenvalue weighted by atomic mass is 19.1. The predicted molar refractivity (Wildman–Crippen MR) is 123 cm³/mol. The number of benzene rings is 2. The van der Waals surface area contributed by atoms with Crippen LogP contribution in [0.4, 0.5) is 4.39 Å². The molecule has 1 N–H and O–H groups in total. The van der Waals surface area contributed by atoms with Gasteiger partial charge in [-0.2, -0.15) is 0 Å². The summed E-state index contributed by atoms with van der Waals surface area (Å²) in [6.45, 7) is 2.29. The molecule has 0 saturated carbocycles. The Morgan fingerprint density at radius 2 is 1.85 bits per heavy atom. The Bertz CT molecular complexity index is 965. The molecular formula is C26H31FN2O4. The molecule has 2 amide bonds. The van der Waals surface area contributed by atoms with E-state index in [1.165, 1.54) is 24.3 Å². The van der Waals surface area contributed by atoms with E-state index in [9.17, 15) is 14.0 Å². The Labute approximate surface area is 194 Å². The van der Waals surface area contributed by atoms with Crippen molar-refractivity contribution in [2.24, 2.45) is 5.41 Å². The summed E-state index contributed by atoms with van der Waals surface area (Å²) in [6.07, 6.45) is 5.79. The molecule has 176 valence electrons.